The van der Waals surface area contributed by atoms with Crippen molar-refractivity contribution in [3.8, 4) is 5.88 Å². The van der Waals surface area contributed by atoms with Crippen LogP contribution in [0.2, 0.25) is 0 Å². The third kappa shape index (κ3) is 3.07. The minimum atomic E-state index is -0.430. The highest BCUT2D eigenvalue weighted by molar-refractivity contribution is 6.24. The van der Waals surface area contributed by atoms with Crippen LogP contribution in [0.4, 0.5) is 5.69 Å². The topological polar surface area (TPSA) is 97.7 Å². The Bertz CT molecular complexity index is 1480. The minimum absolute atomic E-state index is 0.0124. The first-order valence-electron chi connectivity index (χ1n) is 9.81. The van der Waals surface area contributed by atoms with Crippen LogP contribution in [0, 0.1) is 10.1 Å². The predicted octanol–water partition coefficient (Wildman–Crippen LogP) is 2.86. The van der Waals surface area contributed by atoms with E-state index in [1.165, 1.54) is 12.1 Å². The lowest BCUT2D eigenvalue weighted by molar-refractivity contribution is -0.384. The van der Waals surface area contributed by atoms with Gasteiger partial charge in [-0.3, -0.25) is 14.9 Å². The number of aromatic hydroxyl groups is 1. The predicted molar refractivity (Wildman–Crippen MR) is 115 cm³/mol. The second-order valence-electron chi connectivity index (χ2n) is 7.35. The average molecular weight is 411 g/mol. The number of nitrogens with zero attached hydrogens (tertiary/aromatic N) is 3. The van der Waals surface area contributed by atoms with Crippen LogP contribution < -0.4 is 10.6 Å². The second-order valence-corrected chi connectivity index (χ2v) is 7.35. The number of hydrogen-bond acceptors (Lipinski definition) is 4. The van der Waals surface area contributed by atoms with E-state index in [4.69, 9.17) is 0 Å². The number of carbonyl (C=O) groups excluding carboxylic acids is 1. The highest BCUT2D eigenvalue weighted by Gasteiger charge is 2.26. The molecule has 0 unspecified atom stereocenters. The van der Waals surface area contributed by atoms with Crippen LogP contribution in [0.3, 0.4) is 0 Å². The molecule has 2 heterocycles. The fraction of sp³-hybridized carbons (Fsp3) is 0.0833. The van der Waals surface area contributed by atoms with Gasteiger partial charge in [0.2, 0.25) is 0 Å². The minimum Gasteiger partial charge on any atom is -0.494 e. The Balaban J connectivity index is 1.60. The molecule has 7 nitrogen and oxygen atoms in total. The van der Waals surface area contributed by atoms with Crippen molar-refractivity contribution < 1.29 is 14.8 Å². The van der Waals surface area contributed by atoms with Crippen molar-refractivity contribution in [2.75, 3.05) is 0 Å². The zero-order valence-corrected chi connectivity index (χ0v) is 16.4. The summed E-state index contributed by atoms with van der Waals surface area (Å²) in [6, 6.07) is 21.2. The van der Waals surface area contributed by atoms with Gasteiger partial charge in [-0.15, -0.1) is 0 Å². The van der Waals surface area contributed by atoms with E-state index in [0.29, 0.717) is 34.7 Å². The summed E-state index contributed by atoms with van der Waals surface area (Å²) in [7, 11) is 0. The molecule has 1 aliphatic rings. The first-order valence-corrected chi connectivity index (χ1v) is 9.81. The zero-order valence-electron chi connectivity index (χ0n) is 16.4. The number of amides is 1. The van der Waals surface area contributed by atoms with Gasteiger partial charge in [0.15, 0.2) is 5.88 Å². The molecule has 1 aromatic heterocycles. The largest absolute Gasteiger partial charge is 0.494 e. The summed E-state index contributed by atoms with van der Waals surface area (Å²) < 4.78 is 1.77. The fourth-order valence-corrected chi connectivity index (χ4v) is 4.09. The quantitative estimate of drug-likeness (QED) is 0.403. The number of fused-ring (bicyclic) bond motifs is 2. The molecular formula is C24H17N3O4. The Morgan fingerprint density at radius 1 is 0.968 bits per heavy atom. The van der Waals surface area contributed by atoms with Crippen molar-refractivity contribution >= 4 is 28.1 Å². The molecule has 7 heteroatoms. The fourth-order valence-electron chi connectivity index (χ4n) is 4.09. The molecule has 1 N–H and O–H groups in total. The van der Waals surface area contributed by atoms with E-state index in [1.807, 2.05) is 42.5 Å². The van der Waals surface area contributed by atoms with Crippen molar-refractivity contribution in [2.45, 2.75) is 13.0 Å². The molecule has 1 amide bonds. The summed E-state index contributed by atoms with van der Waals surface area (Å²) in [6.45, 7) is 0.449. The number of para-hydroxylation sites is 2. The molecule has 0 saturated carbocycles. The maximum Gasteiger partial charge on any atom is 0.279 e. The number of aromatic nitrogens is 1. The van der Waals surface area contributed by atoms with Crippen molar-refractivity contribution in [3.63, 3.8) is 0 Å². The molecule has 152 valence electrons. The van der Waals surface area contributed by atoms with Gasteiger partial charge in [-0.05, 0) is 24.1 Å². The lowest BCUT2D eigenvalue weighted by Crippen LogP contribution is -2.22. The molecule has 4 aromatic rings. The Kier molecular flexibility index (Phi) is 4.36. The Morgan fingerprint density at radius 2 is 1.68 bits per heavy atom. The standard InChI is InChI=1S/C24H17N3O4/c28-23-21(17-5-1-3-7-19(17)25-23)22-18-6-2-4-8-20(18)26(24(22)29)14-13-15-9-11-16(12-10-15)27(30)31/h1-12,29H,13-14H2. The van der Waals surface area contributed by atoms with Crippen LogP contribution in [0.25, 0.3) is 16.5 Å². The molecule has 31 heavy (non-hydrogen) atoms. The van der Waals surface area contributed by atoms with E-state index >= 15 is 0 Å². The van der Waals surface area contributed by atoms with Crippen molar-refractivity contribution in [2.24, 2.45) is 4.99 Å². The lowest BCUT2D eigenvalue weighted by atomic mass is 10.0. The van der Waals surface area contributed by atoms with Gasteiger partial charge in [0.05, 0.1) is 26.9 Å². The van der Waals surface area contributed by atoms with Crippen LogP contribution in [0.1, 0.15) is 11.1 Å². The van der Waals surface area contributed by atoms with Crippen molar-refractivity contribution in [3.05, 3.63) is 105 Å². The van der Waals surface area contributed by atoms with E-state index in [-0.39, 0.29) is 17.5 Å². The first kappa shape index (κ1) is 18.7. The normalized spacial score (nSPS) is 12.8. The molecule has 0 atom stereocenters. The summed E-state index contributed by atoms with van der Waals surface area (Å²) in [4.78, 5) is 27.3. The van der Waals surface area contributed by atoms with E-state index in [0.717, 1.165) is 16.5 Å². The Labute approximate surface area is 176 Å². The molecular weight excluding hydrogens is 394 g/mol. The Hall–Kier alpha value is -4.26. The second kappa shape index (κ2) is 7.21. The van der Waals surface area contributed by atoms with Gasteiger partial charge in [-0.1, -0.05) is 48.5 Å². The maximum atomic E-state index is 12.7. The number of aryl methyl sites for hydroxylation is 2. The van der Waals surface area contributed by atoms with E-state index in [2.05, 4.69) is 4.99 Å². The molecule has 3 aromatic carbocycles. The van der Waals surface area contributed by atoms with E-state index < -0.39 is 4.92 Å². The van der Waals surface area contributed by atoms with Crippen LogP contribution in [-0.2, 0) is 17.8 Å². The highest BCUT2D eigenvalue weighted by atomic mass is 16.6. The molecule has 0 aliphatic carbocycles. The van der Waals surface area contributed by atoms with Crippen molar-refractivity contribution in [1.82, 2.24) is 4.57 Å². The van der Waals surface area contributed by atoms with Gasteiger partial charge in [-0.25, -0.2) is 4.99 Å². The van der Waals surface area contributed by atoms with Gasteiger partial charge in [0, 0.05) is 29.3 Å². The summed E-state index contributed by atoms with van der Waals surface area (Å²) in [5, 5.41) is 24.1. The van der Waals surface area contributed by atoms with Crippen LogP contribution in [0.15, 0.2) is 77.8 Å². The molecule has 1 aliphatic heterocycles. The van der Waals surface area contributed by atoms with Crippen LogP contribution >= 0.6 is 0 Å². The molecule has 0 bridgehead atoms. The molecule has 0 radical (unpaired) electrons. The number of rotatable bonds is 5. The summed E-state index contributed by atoms with van der Waals surface area (Å²) in [5.41, 5.74) is 2.64. The van der Waals surface area contributed by atoms with Gasteiger partial charge >= 0.3 is 0 Å². The Morgan fingerprint density at radius 3 is 2.45 bits per heavy atom. The number of non-ortho nitro benzene ring substituents is 1. The monoisotopic (exact) mass is 411 g/mol. The molecule has 0 fully saturated rings. The highest BCUT2D eigenvalue weighted by Crippen LogP contribution is 2.36. The number of nitro groups is 1. The molecule has 0 spiro atoms. The van der Waals surface area contributed by atoms with Crippen molar-refractivity contribution in [1.29, 1.82) is 0 Å². The average Bonchev–Trinajstić information content (AvgIpc) is 3.25. The number of carbonyl (C=O) groups is 1. The summed E-state index contributed by atoms with van der Waals surface area (Å²) >= 11 is 0. The first-order chi connectivity index (χ1) is 15.0. The van der Waals surface area contributed by atoms with Crippen LogP contribution in [-0.4, -0.2) is 20.5 Å². The summed E-state index contributed by atoms with van der Waals surface area (Å²) in [6.07, 6.45) is 0.563. The number of nitro benzene ring substituents is 1. The van der Waals surface area contributed by atoms with E-state index in [9.17, 15) is 20.0 Å². The third-order valence-corrected chi connectivity index (χ3v) is 5.57. The van der Waals surface area contributed by atoms with Gasteiger partial charge in [0.1, 0.15) is 0 Å². The number of hydrogen-bond donors (Lipinski definition) is 1. The van der Waals surface area contributed by atoms with Gasteiger partial charge < -0.3 is 9.67 Å². The number of benzene rings is 3. The van der Waals surface area contributed by atoms with Gasteiger partial charge in [0.25, 0.3) is 11.6 Å². The summed E-state index contributed by atoms with van der Waals surface area (Å²) in [5.74, 6) is -0.354. The third-order valence-electron chi connectivity index (χ3n) is 5.57. The smallest absolute Gasteiger partial charge is 0.279 e. The molecule has 5 rings (SSSR count). The maximum absolute atomic E-state index is 12.7. The molecule has 0 saturated heterocycles. The van der Waals surface area contributed by atoms with Gasteiger partial charge in [-0.2, -0.15) is 0 Å². The SMILES string of the molecule is O=C1N=c2ccccc2=C1c1c(O)n(CCc2ccc([N+](=O)[O-])cc2)c2ccccc12. The lowest BCUT2D eigenvalue weighted by Gasteiger charge is -2.08. The zero-order chi connectivity index (χ0) is 21.5. The van der Waals surface area contributed by atoms with E-state index in [1.54, 1.807) is 22.8 Å². The van der Waals surface area contributed by atoms with Crippen LogP contribution in [0.5, 0.6) is 5.88 Å².